The number of rotatable bonds is 4. The second-order valence-corrected chi connectivity index (χ2v) is 5.01. The summed E-state index contributed by atoms with van der Waals surface area (Å²) >= 11 is 3.32. The van der Waals surface area contributed by atoms with Gasteiger partial charge >= 0.3 is 5.97 Å². The quantitative estimate of drug-likeness (QED) is 0.861. The topological polar surface area (TPSA) is 68.3 Å². The Hall–Kier alpha value is -2.21. The van der Waals surface area contributed by atoms with Crippen molar-refractivity contribution in [1.29, 1.82) is 0 Å². The Morgan fingerprint density at radius 3 is 2.48 bits per heavy atom. The van der Waals surface area contributed by atoms with E-state index in [0.717, 1.165) is 4.47 Å². The monoisotopic (exact) mass is 348 g/mol. The van der Waals surface area contributed by atoms with Crippen molar-refractivity contribution in [2.24, 2.45) is 0 Å². The Morgan fingerprint density at radius 1 is 1.14 bits per heavy atom. The van der Waals surface area contributed by atoms with Crippen molar-refractivity contribution < 1.29 is 14.3 Å². The van der Waals surface area contributed by atoms with Crippen LogP contribution in [0.15, 0.2) is 46.9 Å². The molecule has 0 atom stereocenters. The maximum Gasteiger partial charge on any atom is 0.356 e. The fourth-order valence-electron chi connectivity index (χ4n) is 1.61. The first-order valence-electron chi connectivity index (χ1n) is 6.31. The Morgan fingerprint density at radius 2 is 1.81 bits per heavy atom. The van der Waals surface area contributed by atoms with E-state index < -0.39 is 5.97 Å². The van der Waals surface area contributed by atoms with E-state index >= 15 is 0 Å². The molecule has 0 aliphatic rings. The summed E-state index contributed by atoms with van der Waals surface area (Å²) in [5.74, 6) is -0.931. The van der Waals surface area contributed by atoms with Gasteiger partial charge in [-0.1, -0.05) is 22.0 Å². The largest absolute Gasteiger partial charge is 0.461 e. The van der Waals surface area contributed by atoms with Gasteiger partial charge in [-0.2, -0.15) is 0 Å². The number of pyridine rings is 1. The highest BCUT2D eigenvalue weighted by atomic mass is 79.9. The predicted octanol–water partition coefficient (Wildman–Crippen LogP) is 3.27. The molecule has 21 heavy (non-hydrogen) atoms. The number of hydrogen-bond acceptors (Lipinski definition) is 4. The first-order valence-corrected chi connectivity index (χ1v) is 7.10. The van der Waals surface area contributed by atoms with Gasteiger partial charge in [0.1, 0.15) is 11.4 Å². The Labute approximate surface area is 130 Å². The Balaban J connectivity index is 2.14. The van der Waals surface area contributed by atoms with Crippen LogP contribution >= 0.6 is 15.9 Å². The molecule has 0 bridgehead atoms. The molecule has 1 aromatic heterocycles. The smallest absolute Gasteiger partial charge is 0.356 e. The van der Waals surface area contributed by atoms with Crippen LogP contribution in [0.5, 0.6) is 0 Å². The van der Waals surface area contributed by atoms with Crippen molar-refractivity contribution in [3.63, 3.8) is 0 Å². The molecule has 108 valence electrons. The molecule has 0 fully saturated rings. The average molecular weight is 349 g/mol. The zero-order valence-electron chi connectivity index (χ0n) is 11.3. The first kappa shape index (κ1) is 15.2. The van der Waals surface area contributed by atoms with Crippen LogP contribution in [-0.4, -0.2) is 23.5 Å². The number of anilines is 1. The minimum Gasteiger partial charge on any atom is -0.461 e. The molecule has 5 nitrogen and oxygen atoms in total. The van der Waals surface area contributed by atoms with Gasteiger partial charge in [0, 0.05) is 10.2 Å². The van der Waals surface area contributed by atoms with Gasteiger partial charge in [-0.15, -0.1) is 0 Å². The minimum absolute atomic E-state index is 0.111. The summed E-state index contributed by atoms with van der Waals surface area (Å²) in [5, 5.41) is 2.71. The summed E-state index contributed by atoms with van der Waals surface area (Å²) in [7, 11) is 0. The second-order valence-electron chi connectivity index (χ2n) is 4.09. The molecular weight excluding hydrogens is 336 g/mol. The fourth-order valence-corrected chi connectivity index (χ4v) is 1.87. The lowest BCUT2D eigenvalue weighted by Crippen LogP contribution is -2.16. The summed E-state index contributed by atoms with van der Waals surface area (Å²) in [4.78, 5) is 27.7. The molecule has 1 N–H and O–H groups in total. The van der Waals surface area contributed by atoms with E-state index in [4.69, 9.17) is 4.74 Å². The zero-order chi connectivity index (χ0) is 15.2. The molecule has 1 aromatic carbocycles. The minimum atomic E-state index is -0.546. The molecular formula is C15H13BrN2O3. The molecule has 0 spiro atoms. The van der Waals surface area contributed by atoms with Gasteiger partial charge in [-0.3, -0.25) is 4.79 Å². The standard InChI is InChI=1S/C15H13BrN2O3/c1-2-21-15(20)13-5-3-4-12(18-13)14(19)17-11-8-6-10(16)7-9-11/h3-9H,2H2,1H3,(H,17,19). The normalized spacial score (nSPS) is 10.0. The van der Waals surface area contributed by atoms with E-state index in [2.05, 4.69) is 26.2 Å². The number of amides is 1. The van der Waals surface area contributed by atoms with E-state index in [9.17, 15) is 9.59 Å². The van der Waals surface area contributed by atoms with E-state index in [1.807, 2.05) is 12.1 Å². The van der Waals surface area contributed by atoms with Crippen LogP contribution in [0.3, 0.4) is 0 Å². The zero-order valence-corrected chi connectivity index (χ0v) is 12.9. The highest BCUT2D eigenvalue weighted by Gasteiger charge is 2.13. The van der Waals surface area contributed by atoms with Gasteiger partial charge < -0.3 is 10.1 Å². The van der Waals surface area contributed by atoms with Crippen LogP contribution in [0.2, 0.25) is 0 Å². The van der Waals surface area contributed by atoms with E-state index in [0.29, 0.717) is 5.69 Å². The Kier molecular flexibility index (Phi) is 5.05. The van der Waals surface area contributed by atoms with Crippen LogP contribution < -0.4 is 5.32 Å². The summed E-state index contributed by atoms with van der Waals surface area (Å²) in [5.41, 5.74) is 0.912. The van der Waals surface area contributed by atoms with Gasteiger partial charge in [0.05, 0.1) is 6.61 Å². The van der Waals surface area contributed by atoms with Crippen LogP contribution in [0.1, 0.15) is 27.9 Å². The third-order valence-electron chi connectivity index (χ3n) is 2.57. The van der Waals surface area contributed by atoms with Crippen molar-refractivity contribution in [1.82, 2.24) is 4.98 Å². The third kappa shape index (κ3) is 4.13. The lowest BCUT2D eigenvalue weighted by atomic mass is 10.2. The maximum absolute atomic E-state index is 12.1. The van der Waals surface area contributed by atoms with Gasteiger partial charge in [-0.25, -0.2) is 9.78 Å². The number of nitrogens with zero attached hydrogens (tertiary/aromatic N) is 1. The molecule has 0 saturated carbocycles. The molecule has 1 amide bonds. The van der Waals surface area contributed by atoms with E-state index in [1.165, 1.54) is 12.1 Å². The van der Waals surface area contributed by atoms with Crippen molar-refractivity contribution in [3.05, 3.63) is 58.3 Å². The number of ether oxygens (including phenoxy) is 1. The number of carbonyl (C=O) groups excluding carboxylic acids is 2. The molecule has 0 radical (unpaired) electrons. The number of carbonyl (C=O) groups is 2. The van der Waals surface area contributed by atoms with E-state index in [-0.39, 0.29) is 23.9 Å². The lowest BCUT2D eigenvalue weighted by molar-refractivity contribution is 0.0519. The summed E-state index contributed by atoms with van der Waals surface area (Å²) < 4.78 is 5.78. The summed E-state index contributed by atoms with van der Waals surface area (Å²) in [6.07, 6.45) is 0. The van der Waals surface area contributed by atoms with Crippen molar-refractivity contribution in [3.8, 4) is 0 Å². The number of esters is 1. The molecule has 1 heterocycles. The highest BCUT2D eigenvalue weighted by Crippen LogP contribution is 2.15. The van der Waals surface area contributed by atoms with Gasteiger partial charge in [-0.05, 0) is 43.3 Å². The van der Waals surface area contributed by atoms with Crippen molar-refractivity contribution in [2.75, 3.05) is 11.9 Å². The number of aromatic nitrogens is 1. The molecule has 0 unspecified atom stereocenters. The third-order valence-corrected chi connectivity index (χ3v) is 3.10. The van der Waals surface area contributed by atoms with Crippen LogP contribution in [-0.2, 0) is 4.74 Å². The van der Waals surface area contributed by atoms with Crippen molar-refractivity contribution >= 4 is 33.5 Å². The SMILES string of the molecule is CCOC(=O)c1cccc(C(=O)Nc2ccc(Br)cc2)n1. The average Bonchev–Trinajstić information content (AvgIpc) is 2.50. The molecule has 0 aliphatic carbocycles. The molecule has 0 saturated heterocycles. The number of nitrogens with one attached hydrogen (secondary N) is 1. The second kappa shape index (κ2) is 6.99. The molecule has 2 rings (SSSR count). The summed E-state index contributed by atoms with van der Waals surface area (Å²) in [6, 6.07) is 11.8. The van der Waals surface area contributed by atoms with Gasteiger partial charge in [0.25, 0.3) is 5.91 Å². The predicted molar refractivity (Wildman–Crippen MR) is 82.3 cm³/mol. The maximum atomic E-state index is 12.1. The van der Waals surface area contributed by atoms with Crippen LogP contribution in [0, 0.1) is 0 Å². The number of benzene rings is 1. The fraction of sp³-hybridized carbons (Fsp3) is 0.133. The van der Waals surface area contributed by atoms with Crippen LogP contribution in [0.25, 0.3) is 0 Å². The summed E-state index contributed by atoms with van der Waals surface area (Å²) in [6.45, 7) is 1.97. The first-order chi connectivity index (χ1) is 10.1. The molecule has 2 aromatic rings. The number of halogens is 1. The molecule has 6 heteroatoms. The van der Waals surface area contributed by atoms with Gasteiger partial charge in [0.2, 0.25) is 0 Å². The van der Waals surface area contributed by atoms with Gasteiger partial charge in [0.15, 0.2) is 0 Å². The Bertz CT molecular complexity index is 656. The number of hydrogen-bond donors (Lipinski definition) is 1. The lowest BCUT2D eigenvalue weighted by Gasteiger charge is -2.06. The van der Waals surface area contributed by atoms with Crippen LogP contribution in [0.4, 0.5) is 5.69 Å². The molecule has 0 aliphatic heterocycles. The highest BCUT2D eigenvalue weighted by molar-refractivity contribution is 9.10. The van der Waals surface area contributed by atoms with Crippen molar-refractivity contribution in [2.45, 2.75) is 6.92 Å². The van der Waals surface area contributed by atoms with E-state index in [1.54, 1.807) is 25.1 Å².